The number of amides is 1. The maximum Gasteiger partial charge on any atom is 0.271 e. The van der Waals surface area contributed by atoms with E-state index in [1.54, 1.807) is 12.3 Å². The Bertz CT molecular complexity index is 838. The zero-order chi connectivity index (χ0) is 16.4. The van der Waals surface area contributed by atoms with Crippen molar-refractivity contribution in [2.24, 2.45) is 5.92 Å². The highest BCUT2D eigenvalue weighted by atomic mass is 16.2. The van der Waals surface area contributed by atoms with Crippen LogP contribution in [0, 0.1) is 5.92 Å². The van der Waals surface area contributed by atoms with Crippen molar-refractivity contribution in [2.45, 2.75) is 19.3 Å². The molecule has 24 heavy (non-hydrogen) atoms. The number of rotatable bonds is 3. The molecule has 1 aromatic carbocycles. The number of carbonyl (C=O) groups excluding carboxylic acids is 1. The van der Waals surface area contributed by atoms with Crippen LogP contribution in [-0.4, -0.2) is 39.1 Å². The third-order valence-corrected chi connectivity index (χ3v) is 4.76. The molecule has 0 aliphatic carbocycles. The van der Waals surface area contributed by atoms with Crippen molar-refractivity contribution in [1.82, 2.24) is 20.1 Å². The number of benzene rings is 1. The van der Waals surface area contributed by atoms with Crippen LogP contribution >= 0.6 is 0 Å². The fourth-order valence-corrected chi connectivity index (χ4v) is 3.60. The summed E-state index contributed by atoms with van der Waals surface area (Å²) in [5, 5.41) is 7.83. The van der Waals surface area contributed by atoms with Crippen LogP contribution in [0.15, 0.2) is 48.8 Å². The monoisotopic (exact) mass is 320 g/mol. The lowest BCUT2D eigenvalue weighted by atomic mass is 9.90. The number of nitrogens with zero attached hydrogens (tertiary/aromatic N) is 3. The van der Waals surface area contributed by atoms with Gasteiger partial charge in [-0.3, -0.25) is 14.9 Å². The molecule has 1 atom stereocenters. The highest BCUT2D eigenvalue weighted by molar-refractivity contribution is 5.92. The predicted octanol–water partition coefficient (Wildman–Crippen LogP) is 3.05. The van der Waals surface area contributed by atoms with Gasteiger partial charge in [0.1, 0.15) is 5.69 Å². The predicted molar refractivity (Wildman–Crippen MR) is 92.7 cm³/mol. The number of nitrogens with one attached hydrogen (secondary N) is 1. The Morgan fingerprint density at radius 3 is 3.00 bits per heavy atom. The third-order valence-electron chi connectivity index (χ3n) is 4.76. The maximum absolute atomic E-state index is 12.5. The molecule has 122 valence electrons. The largest absolute Gasteiger partial charge is 0.337 e. The maximum atomic E-state index is 12.5. The summed E-state index contributed by atoms with van der Waals surface area (Å²) in [4.78, 5) is 19.0. The molecule has 3 heterocycles. The molecule has 1 fully saturated rings. The first-order valence-corrected chi connectivity index (χ1v) is 8.42. The number of pyridine rings is 1. The van der Waals surface area contributed by atoms with Crippen molar-refractivity contribution in [3.8, 4) is 0 Å². The van der Waals surface area contributed by atoms with Gasteiger partial charge in [0, 0.05) is 30.9 Å². The average Bonchev–Trinajstić information content (AvgIpc) is 3.16. The van der Waals surface area contributed by atoms with E-state index in [1.807, 2.05) is 17.2 Å². The van der Waals surface area contributed by atoms with Gasteiger partial charge in [0.25, 0.3) is 5.91 Å². The Morgan fingerprint density at radius 1 is 1.21 bits per heavy atom. The number of aromatic amines is 1. The van der Waals surface area contributed by atoms with E-state index in [0.717, 1.165) is 37.9 Å². The van der Waals surface area contributed by atoms with Crippen LogP contribution in [0.1, 0.15) is 28.9 Å². The van der Waals surface area contributed by atoms with Crippen LogP contribution in [-0.2, 0) is 6.42 Å². The van der Waals surface area contributed by atoms with E-state index in [4.69, 9.17) is 0 Å². The number of hydrogen-bond acceptors (Lipinski definition) is 3. The molecule has 0 radical (unpaired) electrons. The summed E-state index contributed by atoms with van der Waals surface area (Å²) in [6.07, 6.45) is 6.62. The first kappa shape index (κ1) is 14.9. The molecule has 1 amide bonds. The lowest BCUT2D eigenvalue weighted by Crippen LogP contribution is -2.40. The number of likely N-dealkylation sites (tertiary alicyclic amines) is 1. The number of para-hydroxylation sites is 1. The van der Waals surface area contributed by atoms with Crippen LogP contribution in [0.3, 0.4) is 0 Å². The van der Waals surface area contributed by atoms with Gasteiger partial charge >= 0.3 is 0 Å². The molecule has 0 saturated carbocycles. The second-order valence-corrected chi connectivity index (χ2v) is 6.43. The quantitative estimate of drug-likeness (QED) is 0.807. The summed E-state index contributed by atoms with van der Waals surface area (Å²) in [6, 6.07) is 12.2. The molecule has 1 aliphatic heterocycles. The molecular formula is C19H20N4O. The van der Waals surface area contributed by atoms with Gasteiger partial charge < -0.3 is 4.90 Å². The molecular weight excluding hydrogens is 300 g/mol. The Labute approximate surface area is 140 Å². The molecule has 1 N–H and O–H groups in total. The molecule has 0 bridgehead atoms. The lowest BCUT2D eigenvalue weighted by Gasteiger charge is -2.32. The van der Waals surface area contributed by atoms with E-state index in [1.165, 1.54) is 10.9 Å². The Balaban J connectivity index is 1.51. The van der Waals surface area contributed by atoms with Crippen molar-refractivity contribution >= 4 is 16.8 Å². The lowest BCUT2D eigenvalue weighted by molar-refractivity contribution is 0.0667. The fraction of sp³-hybridized carbons (Fsp3) is 0.316. The molecule has 5 heteroatoms. The summed E-state index contributed by atoms with van der Waals surface area (Å²) >= 11 is 0. The van der Waals surface area contributed by atoms with E-state index < -0.39 is 0 Å². The molecule has 1 saturated heterocycles. The van der Waals surface area contributed by atoms with Gasteiger partial charge in [0.15, 0.2) is 0 Å². The topological polar surface area (TPSA) is 61.9 Å². The van der Waals surface area contributed by atoms with Crippen molar-refractivity contribution in [1.29, 1.82) is 0 Å². The van der Waals surface area contributed by atoms with Crippen LogP contribution in [0.25, 0.3) is 10.9 Å². The summed E-state index contributed by atoms with van der Waals surface area (Å²) in [5.74, 6) is 0.520. The molecule has 2 aromatic heterocycles. The summed E-state index contributed by atoms with van der Waals surface area (Å²) in [5.41, 5.74) is 2.92. The minimum absolute atomic E-state index is 0.0493. The fourth-order valence-electron chi connectivity index (χ4n) is 3.60. The Morgan fingerprint density at radius 2 is 2.12 bits per heavy atom. The van der Waals surface area contributed by atoms with Crippen molar-refractivity contribution in [3.63, 3.8) is 0 Å². The molecule has 1 unspecified atom stereocenters. The van der Waals surface area contributed by atoms with Crippen molar-refractivity contribution in [3.05, 3.63) is 60.0 Å². The van der Waals surface area contributed by atoms with Gasteiger partial charge in [-0.25, -0.2) is 0 Å². The van der Waals surface area contributed by atoms with Crippen molar-refractivity contribution in [2.75, 3.05) is 13.1 Å². The smallest absolute Gasteiger partial charge is 0.271 e. The third kappa shape index (κ3) is 2.89. The number of aromatic nitrogens is 3. The summed E-state index contributed by atoms with van der Waals surface area (Å²) in [7, 11) is 0. The first-order chi connectivity index (χ1) is 11.8. The van der Waals surface area contributed by atoms with E-state index in [2.05, 4.69) is 39.4 Å². The normalized spacial score (nSPS) is 18.0. The highest BCUT2D eigenvalue weighted by Gasteiger charge is 2.25. The zero-order valence-corrected chi connectivity index (χ0v) is 13.5. The summed E-state index contributed by atoms with van der Waals surface area (Å²) in [6.45, 7) is 1.61. The van der Waals surface area contributed by atoms with E-state index in [-0.39, 0.29) is 5.91 Å². The molecule has 5 nitrogen and oxygen atoms in total. The minimum atomic E-state index is 0.0493. The van der Waals surface area contributed by atoms with E-state index in [0.29, 0.717) is 11.6 Å². The molecule has 4 rings (SSSR count). The van der Waals surface area contributed by atoms with Gasteiger partial charge in [-0.2, -0.15) is 5.10 Å². The number of hydrogen-bond donors (Lipinski definition) is 1. The Kier molecular flexibility index (Phi) is 3.99. The second-order valence-electron chi connectivity index (χ2n) is 6.43. The van der Waals surface area contributed by atoms with Crippen LogP contribution in [0.2, 0.25) is 0 Å². The second kappa shape index (κ2) is 6.43. The van der Waals surface area contributed by atoms with E-state index in [9.17, 15) is 4.79 Å². The molecule has 3 aromatic rings. The van der Waals surface area contributed by atoms with Gasteiger partial charge in [-0.05, 0) is 42.9 Å². The standard InChI is InChI=1S/C19H20N4O/c24-19(17-8-10-21-22-17)23-11-3-4-14(13-23)12-16-6-1-5-15-7-2-9-20-18(15)16/h1-2,5-10,14H,3-4,11-13H2,(H,21,22). The minimum Gasteiger partial charge on any atom is -0.337 e. The highest BCUT2D eigenvalue weighted by Crippen LogP contribution is 2.25. The van der Waals surface area contributed by atoms with Gasteiger partial charge in [-0.1, -0.05) is 24.3 Å². The van der Waals surface area contributed by atoms with E-state index >= 15 is 0 Å². The summed E-state index contributed by atoms with van der Waals surface area (Å²) < 4.78 is 0. The first-order valence-electron chi connectivity index (χ1n) is 8.42. The van der Waals surface area contributed by atoms with Crippen LogP contribution < -0.4 is 0 Å². The van der Waals surface area contributed by atoms with Gasteiger partial charge in [-0.15, -0.1) is 0 Å². The van der Waals surface area contributed by atoms with Crippen LogP contribution in [0.4, 0.5) is 0 Å². The van der Waals surface area contributed by atoms with Gasteiger partial charge in [0.2, 0.25) is 0 Å². The number of piperidine rings is 1. The molecule has 0 spiro atoms. The number of fused-ring (bicyclic) bond motifs is 1. The van der Waals surface area contributed by atoms with Crippen LogP contribution in [0.5, 0.6) is 0 Å². The van der Waals surface area contributed by atoms with Gasteiger partial charge in [0.05, 0.1) is 5.52 Å². The average molecular weight is 320 g/mol. The number of carbonyl (C=O) groups is 1. The molecule has 1 aliphatic rings. The zero-order valence-electron chi connectivity index (χ0n) is 13.5. The Hall–Kier alpha value is -2.69. The number of H-pyrrole nitrogens is 1. The SMILES string of the molecule is O=C(c1ccn[nH]1)N1CCCC(Cc2cccc3cccnc23)C1. The van der Waals surface area contributed by atoms with Crippen molar-refractivity contribution < 1.29 is 4.79 Å².